The lowest BCUT2D eigenvalue weighted by atomic mass is 10.1. The normalized spacial score (nSPS) is 16.2. The Morgan fingerprint density at radius 1 is 1.32 bits per heavy atom. The van der Waals surface area contributed by atoms with E-state index in [4.69, 9.17) is 0 Å². The second-order valence-electron chi connectivity index (χ2n) is 4.33. The maximum absolute atomic E-state index is 13.7. The molecule has 0 bridgehead atoms. The van der Waals surface area contributed by atoms with Gasteiger partial charge in [-0.2, -0.15) is 11.8 Å². The number of halogens is 2. The fourth-order valence-corrected chi connectivity index (χ4v) is 3.09. The number of benzene rings is 1. The van der Waals surface area contributed by atoms with Gasteiger partial charge in [0.15, 0.2) is 0 Å². The van der Waals surface area contributed by atoms with Crippen molar-refractivity contribution < 1.29 is 18.3 Å². The van der Waals surface area contributed by atoms with Gasteiger partial charge >= 0.3 is 5.97 Å². The van der Waals surface area contributed by atoms with Crippen molar-refractivity contribution >= 4 is 23.4 Å². The minimum absolute atomic E-state index is 0.152. The Labute approximate surface area is 114 Å². The third-order valence-electron chi connectivity index (χ3n) is 3.04. The molecule has 6 heteroatoms. The summed E-state index contributed by atoms with van der Waals surface area (Å²) in [6, 6.07) is 2.05. The molecule has 0 aromatic heterocycles. The number of hydrogen-bond donors (Lipinski definition) is 1. The Morgan fingerprint density at radius 3 is 2.63 bits per heavy atom. The molecule has 2 rings (SSSR count). The molecule has 0 unspecified atom stereocenters. The minimum atomic E-state index is -0.908. The molecule has 1 aliphatic heterocycles. The first-order valence-corrected chi connectivity index (χ1v) is 7.19. The molecule has 104 valence electrons. The molecule has 1 heterocycles. The molecule has 1 fully saturated rings. The topological polar surface area (TPSA) is 38.3 Å². The van der Waals surface area contributed by atoms with Gasteiger partial charge in [0.05, 0.1) is 18.4 Å². The van der Waals surface area contributed by atoms with Crippen molar-refractivity contribution in [1.29, 1.82) is 0 Å². The third kappa shape index (κ3) is 3.37. The van der Waals surface area contributed by atoms with Crippen LogP contribution in [0.25, 0.3) is 0 Å². The fraction of sp³-hybridized carbons (Fsp3) is 0.462. The van der Waals surface area contributed by atoms with E-state index in [1.54, 1.807) is 0 Å². The van der Waals surface area contributed by atoms with Gasteiger partial charge in [0.25, 0.3) is 0 Å². The van der Waals surface area contributed by atoms with Gasteiger partial charge < -0.3 is 10.1 Å². The molecule has 1 N–H and O–H groups in total. The third-order valence-corrected chi connectivity index (χ3v) is 4.09. The van der Waals surface area contributed by atoms with E-state index in [1.807, 2.05) is 11.8 Å². The van der Waals surface area contributed by atoms with E-state index in [2.05, 4.69) is 10.1 Å². The van der Waals surface area contributed by atoms with Crippen LogP contribution in [0.15, 0.2) is 12.1 Å². The second kappa shape index (κ2) is 6.23. The van der Waals surface area contributed by atoms with Gasteiger partial charge in [-0.3, -0.25) is 0 Å². The first-order valence-electron chi connectivity index (χ1n) is 6.03. The summed E-state index contributed by atoms with van der Waals surface area (Å²) in [7, 11) is 1.16. The highest BCUT2D eigenvalue weighted by atomic mass is 32.2. The van der Waals surface area contributed by atoms with Crippen LogP contribution in [0, 0.1) is 11.6 Å². The standard InChI is InChI=1S/C13H15F2NO2S/c1-18-13(17)9-6-12(11(15)7-10(9)14)16-8-2-4-19-5-3-8/h6-8,16H,2-5H2,1H3. The van der Waals surface area contributed by atoms with Gasteiger partial charge in [-0.1, -0.05) is 0 Å². The highest BCUT2D eigenvalue weighted by molar-refractivity contribution is 7.99. The van der Waals surface area contributed by atoms with Gasteiger partial charge in [0.2, 0.25) is 0 Å². The lowest BCUT2D eigenvalue weighted by molar-refractivity contribution is 0.0595. The molecule has 0 radical (unpaired) electrons. The Kier molecular flexibility index (Phi) is 4.63. The molecule has 1 saturated heterocycles. The average molecular weight is 287 g/mol. The summed E-state index contributed by atoms with van der Waals surface area (Å²) >= 11 is 1.86. The minimum Gasteiger partial charge on any atom is -0.465 e. The summed E-state index contributed by atoms with van der Waals surface area (Å²) in [6.45, 7) is 0. The SMILES string of the molecule is COC(=O)c1cc(NC2CCSCC2)c(F)cc1F. The predicted molar refractivity (Wildman–Crippen MR) is 71.7 cm³/mol. The van der Waals surface area contributed by atoms with Crippen LogP contribution in [0.2, 0.25) is 0 Å². The van der Waals surface area contributed by atoms with Crippen LogP contribution in [0.3, 0.4) is 0 Å². The molecule has 1 aromatic rings. The Hall–Kier alpha value is -1.30. The molecular formula is C13H15F2NO2S. The largest absolute Gasteiger partial charge is 0.465 e. The fourth-order valence-electron chi connectivity index (χ4n) is 1.99. The van der Waals surface area contributed by atoms with E-state index in [0.717, 1.165) is 31.5 Å². The molecule has 0 aliphatic carbocycles. The number of ether oxygens (including phenoxy) is 1. The lowest BCUT2D eigenvalue weighted by Crippen LogP contribution is -2.25. The van der Waals surface area contributed by atoms with Crippen LogP contribution in [0.1, 0.15) is 23.2 Å². The van der Waals surface area contributed by atoms with Crippen molar-refractivity contribution in [2.75, 3.05) is 23.9 Å². The van der Waals surface area contributed by atoms with Crippen LogP contribution in [0.5, 0.6) is 0 Å². The maximum atomic E-state index is 13.7. The van der Waals surface area contributed by atoms with Crippen LogP contribution in [-0.4, -0.2) is 30.6 Å². The van der Waals surface area contributed by atoms with E-state index in [-0.39, 0.29) is 17.3 Å². The van der Waals surface area contributed by atoms with Crippen LogP contribution in [0.4, 0.5) is 14.5 Å². The first-order chi connectivity index (χ1) is 9.11. The van der Waals surface area contributed by atoms with Gasteiger partial charge in [0.1, 0.15) is 11.6 Å². The Morgan fingerprint density at radius 2 is 2.00 bits per heavy atom. The van der Waals surface area contributed by atoms with Crippen molar-refractivity contribution in [3.8, 4) is 0 Å². The molecule has 1 aliphatic rings. The number of methoxy groups -OCH3 is 1. The van der Waals surface area contributed by atoms with Crippen molar-refractivity contribution in [2.45, 2.75) is 18.9 Å². The summed E-state index contributed by atoms with van der Waals surface area (Å²) in [5.74, 6) is -0.369. The highest BCUT2D eigenvalue weighted by Gasteiger charge is 2.19. The Bertz CT molecular complexity index is 476. The number of anilines is 1. The molecular weight excluding hydrogens is 272 g/mol. The lowest BCUT2D eigenvalue weighted by Gasteiger charge is -2.24. The zero-order valence-electron chi connectivity index (χ0n) is 10.5. The zero-order valence-corrected chi connectivity index (χ0v) is 11.4. The molecule has 0 amide bonds. The van der Waals surface area contributed by atoms with Crippen LogP contribution < -0.4 is 5.32 Å². The number of esters is 1. The molecule has 0 spiro atoms. The molecule has 1 aromatic carbocycles. The van der Waals surface area contributed by atoms with E-state index >= 15 is 0 Å². The van der Waals surface area contributed by atoms with Gasteiger partial charge in [-0.25, -0.2) is 13.6 Å². The smallest absolute Gasteiger partial charge is 0.340 e. The number of hydrogen-bond acceptors (Lipinski definition) is 4. The maximum Gasteiger partial charge on any atom is 0.340 e. The van der Waals surface area contributed by atoms with Gasteiger partial charge in [0, 0.05) is 12.1 Å². The summed E-state index contributed by atoms with van der Waals surface area (Å²) in [5.41, 5.74) is -0.102. The number of nitrogens with one attached hydrogen (secondary N) is 1. The first kappa shape index (κ1) is 14.1. The van der Waals surface area contributed by atoms with E-state index < -0.39 is 17.6 Å². The van der Waals surface area contributed by atoms with Crippen LogP contribution in [-0.2, 0) is 4.74 Å². The number of carbonyl (C=O) groups is 1. The number of thioether (sulfide) groups is 1. The number of carbonyl (C=O) groups excluding carboxylic acids is 1. The van der Waals surface area contributed by atoms with Crippen molar-refractivity contribution in [3.63, 3.8) is 0 Å². The molecule has 3 nitrogen and oxygen atoms in total. The highest BCUT2D eigenvalue weighted by Crippen LogP contribution is 2.25. The quantitative estimate of drug-likeness (QED) is 0.867. The monoisotopic (exact) mass is 287 g/mol. The van der Waals surface area contributed by atoms with Crippen LogP contribution >= 0.6 is 11.8 Å². The molecule has 0 saturated carbocycles. The summed E-state index contributed by atoms with van der Waals surface area (Å²) < 4.78 is 31.6. The zero-order chi connectivity index (χ0) is 13.8. The second-order valence-corrected chi connectivity index (χ2v) is 5.56. The average Bonchev–Trinajstić information content (AvgIpc) is 2.42. The molecule has 0 atom stereocenters. The van der Waals surface area contributed by atoms with E-state index in [0.29, 0.717) is 6.07 Å². The van der Waals surface area contributed by atoms with E-state index in [9.17, 15) is 13.6 Å². The Balaban J connectivity index is 2.21. The summed E-state index contributed by atoms with van der Waals surface area (Å²) in [5, 5.41) is 3.03. The predicted octanol–water partition coefficient (Wildman–Crippen LogP) is 3.06. The van der Waals surface area contributed by atoms with E-state index in [1.165, 1.54) is 6.07 Å². The number of rotatable bonds is 3. The van der Waals surface area contributed by atoms with Crippen molar-refractivity contribution in [3.05, 3.63) is 29.3 Å². The van der Waals surface area contributed by atoms with Crippen molar-refractivity contribution in [2.24, 2.45) is 0 Å². The van der Waals surface area contributed by atoms with Gasteiger partial charge in [-0.05, 0) is 30.4 Å². The van der Waals surface area contributed by atoms with Crippen molar-refractivity contribution in [1.82, 2.24) is 0 Å². The summed E-state index contributed by atoms with van der Waals surface area (Å²) in [4.78, 5) is 11.4. The van der Waals surface area contributed by atoms with Gasteiger partial charge in [-0.15, -0.1) is 0 Å². The molecule has 19 heavy (non-hydrogen) atoms. The summed E-state index contributed by atoms with van der Waals surface area (Å²) in [6.07, 6.45) is 1.85.